The summed E-state index contributed by atoms with van der Waals surface area (Å²) in [5.74, 6) is -0.888. The third kappa shape index (κ3) is 5.21. The van der Waals surface area contributed by atoms with Crippen molar-refractivity contribution >= 4 is 21.6 Å². The van der Waals surface area contributed by atoms with E-state index in [1.165, 1.54) is 5.48 Å². The summed E-state index contributed by atoms with van der Waals surface area (Å²) in [4.78, 5) is 11.8. The van der Waals surface area contributed by atoms with E-state index >= 15 is 0 Å². The highest BCUT2D eigenvalue weighted by Crippen LogP contribution is 2.22. The zero-order valence-corrected chi connectivity index (χ0v) is 17.1. The number of aryl methyl sites for hydroxylation is 1. The second kappa shape index (κ2) is 9.19. The molecule has 2 aromatic rings. The summed E-state index contributed by atoms with van der Waals surface area (Å²) in [6.45, 7) is 1.73. The van der Waals surface area contributed by atoms with Gasteiger partial charge in [-0.3, -0.25) is 10.0 Å². The molecule has 2 aromatic carbocycles. The molecule has 0 fully saturated rings. The minimum atomic E-state index is -3.77. The van der Waals surface area contributed by atoms with Crippen molar-refractivity contribution < 1.29 is 18.4 Å². The van der Waals surface area contributed by atoms with Crippen LogP contribution in [0.15, 0.2) is 59.7 Å². The lowest BCUT2D eigenvalue weighted by Gasteiger charge is -2.30. The first-order valence-electron chi connectivity index (χ1n) is 9.55. The van der Waals surface area contributed by atoms with Crippen LogP contribution in [0.5, 0.6) is 0 Å². The number of hydrogen-bond acceptors (Lipinski definition) is 5. The Labute approximate surface area is 171 Å². The topological polar surface area (TPSA) is 99.1 Å². The minimum absolute atomic E-state index is 0.126. The van der Waals surface area contributed by atoms with Crippen LogP contribution in [0.3, 0.4) is 0 Å². The Morgan fingerprint density at radius 3 is 2.45 bits per heavy atom. The summed E-state index contributed by atoms with van der Waals surface area (Å²) in [7, 11) is -3.77. The first kappa shape index (κ1) is 21.0. The zero-order chi connectivity index (χ0) is 20.9. The lowest BCUT2D eigenvalue weighted by atomic mass is 10.0. The van der Waals surface area contributed by atoms with Crippen molar-refractivity contribution in [2.45, 2.75) is 38.6 Å². The normalized spacial score (nSPS) is 17.0. The van der Waals surface area contributed by atoms with Crippen LogP contribution in [0.4, 0.5) is 0 Å². The van der Waals surface area contributed by atoms with E-state index in [1.807, 2.05) is 54.6 Å². The molecule has 1 aliphatic heterocycles. The summed E-state index contributed by atoms with van der Waals surface area (Å²) >= 11 is 0. The summed E-state index contributed by atoms with van der Waals surface area (Å²) in [6, 6.07) is 17.1. The second-order valence-corrected chi connectivity index (χ2v) is 9.07. The molecular formula is C21H25N3O4S. The number of rotatable bonds is 7. The van der Waals surface area contributed by atoms with E-state index in [-0.39, 0.29) is 5.75 Å². The van der Waals surface area contributed by atoms with Crippen LogP contribution in [-0.4, -0.2) is 41.5 Å². The molecule has 0 radical (unpaired) electrons. The molecule has 3 rings (SSSR count). The molecule has 8 heteroatoms. The molecule has 0 saturated carbocycles. The highest BCUT2D eigenvalue weighted by atomic mass is 32.2. The molecular weight excluding hydrogens is 390 g/mol. The maximum Gasteiger partial charge on any atom is 0.269 e. The number of carbonyl (C=O) groups excluding carboxylic acids is 1. The predicted octanol–water partition coefficient (Wildman–Crippen LogP) is 2.96. The lowest BCUT2D eigenvalue weighted by molar-refractivity contribution is -0.133. The van der Waals surface area contributed by atoms with Crippen LogP contribution in [0.2, 0.25) is 0 Å². The number of benzene rings is 2. The Hall–Kier alpha value is -2.71. The molecule has 29 heavy (non-hydrogen) atoms. The van der Waals surface area contributed by atoms with Crippen molar-refractivity contribution in [3.05, 3.63) is 60.2 Å². The number of nitrogens with zero attached hydrogens (tertiary/aromatic N) is 2. The first-order chi connectivity index (χ1) is 13.9. The molecule has 0 aliphatic carbocycles. The summed E-state index contributed by atoms with van der Waals surface area (Å²) in [6.07, 6.45) is 1.81. The van der Waals surface area contributed by atoms with Crippen LogP contribution in [-0.2, 0) is 21.2 Å². The number of hydroxylamine groups is 1. The maximum atomic E-state index is 12.7. The Kier molecular flexibility index (Phi) is 6.66. The maximum absolute atomic E-state index is 12.7. The van der Waals surface area contributed by atoms with Gasteiger partial charge in [0, 0.05) is 5.71 Å². The van der Waals surface area contributed by atoms with Crippen molar-refractivity contribution in [1.82, 2.24) is 9.89 Å². The van der Waals surface area contributed by atoms with Crippen LogP contribution in [0.25, 0.3) is 11.1 Å². The third-order valence-electron chi connectivity index (χ3n) is 4.94. The molecule has 0 spiro atoms. The lowest BCUT2D eigenvalue weighted by Crippen LogP contribution is -2.49. The Morgan fingerprint density at radius 2 is 1.79 bits per heavy atom. The van der Waals surface area contributed by atoms with Crippen LogP contribution in [0, 0.1) is 0 Å². The summed E-state index contributed by atoms with van der Waals surface area (Å²) < 4.78 is 26.4. The molecule has 1 aliphatic rings. The molecule has 1 atom stereocenters. The largest absolute Gasteiger partial charge is 0.289 e. The number of amides is 1. The van der Waals surface area contributed by atoms with Gasteiger partial charge in [0.05, 0.1) is 5.75 Å². The van der Waals surface area contributed by atoms with Gasteiger partial charge in [-0.2, -0.15) is 9.52 Å². The van der Waals surface area contributed by atoms with Crippen molar-refractivity contribution in [3.63, 3.8) is 0 Å². The van der Waals surface area contributed by atoms with Gasteiger partial charge in [-0.25, -0.2) is 13.9 Å². The SMILES string of the molecule is CC1=NN(S(=O)(=O)CCCc2ccc(-c3ccccc3)cc2)C(C(=O)NO)CC1. The number of hydrogen-bond donors (Lipinski definition) is 2. The molecule has 0 saturated heterocycles. The third-order valence-corrected chi connectivity index (χ3v) is 6.65. The van der Waals surface area contributed by atoms with Gasteiger partial charge in [0.25, 0.3) is 15.9 Å². The van der Waals surface area contributed by atoms with Crippen molar-refractivity contribution in [2.75, 3.05) is 5.75 Å². The average molecular weight is 416 g/mol. The van der Waals surface area contributed by atoms with E-state index in [0.717, 1.165) is 21.1 Å². The van der Waals surface area contributed by atoms with Gasteiger partial charge in [-0.1, -0.05) is 54.6 Å². The van der Waals surface area contributed by atoms with Crippen LogP contribution >= 0.6 is 0 Å². The summed E-state index contributed by atoms with van der Waals surface area (Å²) in [5.41, 5.74) is 5.47. The fourth-order valence-electron chi connectivity index (χ4n) is 3.35. The highest BCUT2D eigenvalue weighted by molar-refractivity contribution is 7.89. The van der Waals surface area contributed by atoms with Gasteiger partial charge in [-0.05, 0) is 49.3 Å². The quantitative estimate of drug-likeness (QED) is 0.536. The van der Waals surface area contributed by atoms with Crippen molar-refractivity contribution in [1.29, 1.82) is 0 Å². The van der Waals surface area contributed by atoms with Gasteiger partial charge < -0.3 is 0 Å². The van der Waals surface area contributed by atoms with Crippen molar-refractivity contribution in [2.24, 2.45) is 5.10 Å². The van der Waals surface area contributed by atoms with Crippen molar-refractivity contribution in [3.8, 4) is 11.1 Å². The molecule has 7 nitrogen and oxygen atoms in total. The van der Waals surface area contributed by atoms with Gasteiger partial charge in [0.15, 0.2) is 0 Å². The van der Waals surface area contributed by atoms with Crippen LogP contribution < -0.4 is 5.48 Å². The van der Waals surface area contributed by atoms with Gasteiger partial charge in [-0.15, -0.1) is 0 Å². The van der Waals surface area contributed by atoms with E-state index in [0.29, 0.717) is 31.4 Å². The van der Waals surface area contributed by atoms with E-state index in [9.17, 15) is 13.2 Å². The molecule has 0 bridgehead atoms. The molecule has 0 aromatic heterocycles. The second-order valence-electron chi connectivity index (χ2n) is 7.12. The monoisotopic (exact) mass is 415 g/mol. The Balaban J connectivity index is 1.63. The van der Waals surface area contributed by atoms with E-state index in [2.05, 4.69) is 5.10 Å². The molecule has 1 amide bonds. The van der Waals surface area contributed by atoms with E-state index in [1.54, 1.807) is 6.92 Å². The minimum Gasteiger partial charge on any atom is -0.289 e. The fourth-order valence-corrected chi connectivity index (χ4v) is 4.90. The molecule has 1 unspecified atom stereocenters. The van der Waals surface area contributed by atoms with E-state index < -0.39 is 22.0 Å². The Bertz CT molecular complexity index is 973. The fraction of sp³-hybridized carbons (Fsp3) is 0.333. The number of sulfonamides is 1. The number of carbonyl (C=O) groups is 1. The number of hydrazone groups is 1. The Morgan fingerprint density at radius 1 is 1.14 bits per heavy atom. The first-order valence-corrected chi connectivity index (χ1v) is 11.2. The summed E-state index contributed by atoms with van der Waals surface area (Å²) in [5, 5.41) is 13.0. The smallest absolute Gasteiger partial charge is 0.269 e. The number of nitrogens with one attached hydrogen (secondary N) is 1. The predicted molar refractivity (Wildman–Crippen MR) is 112 cm³/mol. The van der Waals surface area contributed by atoms with Gasteiger partial charge >= 0.3 is 0 Å². The molecule has 154 valence electrons. The standard InChI is InChI=1S/C21H25N3O4S/c1-16-9-14-20(21(25)23-26)24(22-16)29(27,28)15-5-6-17-10-12-19(13-11-17)18-7-3-2-4-8-18/h2-4,7-8,10-13,20,26H,5-6,9,14-15H2,1H3,(H,23,25). The van der Waals surface area contributed by atoms with Gasteiger partial charge in [0.1, 0.15) is 6.04 Å². The molecule has 2 N–H and O–H groups in total. The highest BCUT2D eigenvalue weighted by Gasteiger charge is 2.36. The molecule has 1 heterocycles. The average Bonchev–Trinajstić information content (AvgIpc) is 2.74. The van der Waals surface area contributed by atoms with Gasteiger partial charge in [0.2, 0.25) is 0 Å². The zero-order valence-electron chi connectivity index (χ0n) is 16.3. The van der Waals surface area contributed by atoms with Crippen LogP contribution in [0.1, 0.15) is 31.7 Å². The van der Waals surface area contributed by atoms with E-state index in [4.69, 9.17) is 5.21 Å².